The molecule has 0 unspecified atom stereocenters. The normalized spacial score (nSPS) is 16.4. The summed E-state index contributed by atoms with van der Waals surface area (Å²) >= 11 is 5.98. The fraction of sp³-hybridized carbons (Fsp3) is 0.286. The molecule has 0 bridgehead atoms. The van der Waals surface area contributed by atoms with Crippen LogP contribution >= 0.6 is 11.6 Å². The van der Waals surface area contributed by atoms with Gasteiger partial charge in [-0.2, -0.15) is 0 Å². The van der Waals surface area contributed by atoms with Gasteiger partial charge < -0.3 is 14.6 Å². The Labute approximate surface area is 212 Å². The van der Waals surface area contributed by atoms with Crippen molar-refractivity contribution in [1.82, 2.24) is 0 Å². The summed E-state index contributed by atoms with van der Waals surface area (Å²) < 4.78 is 41.7. The third-order valence-corrected chi connectivity index (χ3v) is 6.72. The average Bonchev–Trinajstić information content (AvgIpc) is 3.61. The molecule has 3 aromatic carbocycles. The van der Waals surface area contributed by atoms with Gasteiger partial charge in [0.15, 0.2) is 17.7 Å². The van der Waals surface area contributed by atoms with Crippen LogP contribution in [-0.4, -0.2) is 28.8 Å². The highest BCUT2D eigenvalue weighted by Crippen LogP contribution is 2.55. The van der Waals surface area contributed by atoms with Crippen molar-refractivity contribution >= 4 is 23.5 Å². The highest BCUT2D eigenvalue weighted by molar-refractivity contribution is 6.30. The number of carboxylic acids is 1. The lowest BCUT2D eigenvalue weighted by atomic mass is 9.79. The third-order valence-electron chi connectivity index (χ3n) is 6.47. The van der Waals surface area contributed by atoms with Crippen LogP contribution in [0.15, 0.2) is 72.8 Å². The fourth-order valence-electron chi connectivity index (χ4n) is 4.42. The van der Waals surface area contributed by atoms with E-state index in [0.29, 0.717) is 29.2 Å². The van der Waals surface area contributed by atoms with Crippen LogP contribution in [0.25, 0.3) is 0 Å². The quantitative estimate of drug-likeness (QED) is 0.306. The molecule has 36 heavy (non-hydrogen) atoms. The summed E-state index contributed by atoms with van der Waals surface area (Å²) in [5.41, 5.74) is -2.47. The molecule has 0 saturated heterocycles. The minimum absolute atomic E-state index is 0.111. The Bertz CT molecular complexity index is 1240. The number of hydrogen-bond acceptors (Lipinski definition) is 4. The van der Waals surface area contributed by atoms with Crippen molar-refractivity contribution < 1.29 is 33.0 Å². The largest absolute Gasteiger partial charge is 0.479 e. The van der Waals surface area contributed by atoms with Crippen LogP contribution in [0.4, 0.5) is 8.78 Å². The molecule has 0 aliphatic heterocycles. The minimum Gasteiger partial charge on any atom is -0.479 e. The molecule has 1 saturated carbocycles. The Morgan fingerprint density at radius 3 is 2.33 bits per heavy atom. The molecule has 8 heteroatoms. The van der Waals surface area contributed by atoms with Crippen LogP contribution in [0.3, 0.4) is 0 Å². The number of carboxylic acid groups (broad SMARTS) is 1. The molecule has 4 rings (SSSR count). The summed E-state index contributed by atoms with van der Waals surface area (Å²) in [6.45, 7) is 1.09. The maximum Gasteiger partial charge on any atom is 0.345 e. The van der Waals surface area contributed by atoms with Gasteiger partial charge in [-0.25, -0.2) is 13.6 Å². The van der Waals surface area contributed by atoms with Crippen LogP contribution in [0.1, 0.15) is 37.3 Å². The first-order valence-corrected chi connectivity index (χ1v) is 11.9. The average molecular weight is 515 g/mol. The molecule has 0 radical (unpaired) electrons. The zero-order valence-electron chi connectivity index (χ0n) is 19.5. The van der Waals surface area contributed by atoms with Crippen LogP contribution < -0.4 is 4.74 Å². The number of alkyl halides is 1. The van der Waals surface area contributed by atoms with E-state index in [1.165, 1.54) is 12.1 Å². The van der Waals surface area contributed by atoms with Crippen LogP contribution in [0.5, 0.6) is 11.5 Å². The number of carbonyl (C=O) groups is 2. The van der Waals surface area contributed by atoms with Gasteiger partial charge in [-0.15, -0.1) is 0 Å². The van der Waals surface area contributed by atoms with Gasteiger partial charge in [0.2, 0.25) is 5.67 Å². The summed E-state index contributed by atoms with van der Waals surface area (Å²) in [4.78, 5) is 24.2. The lowest BCUT2D eigenvalue weighted by Crippen LogP contribution is -2.51. The van der Waals surface area contributed by atoms with Gasteiger partial charge in [0.25, 0.3) is 0 Å². The van der Waals surface area contributed by atoms with Gasteiger partial charge in [-0.05, 0) is 65.8 Å². The van der Waals surface area contributed by atoms with Crippen molar-refractivity contribution in [2.24, 2.45) is 0 Å². The Kier molecular flexibility index (Phi) is 7.31. The molecule has 1 fully saturated rings. The van der Waals surface area contributed by atoms with E-state index in [-0.39, 0.29) is 18.6 Å². The van der Waals surface area contributed by atoms with Gasteiger partial charge >= 0.3 is 11.9 Å². The molecule has 0 heterocycles. The highest BCUT2D eigenvalue weighted by Gasteiger charge is 2.58. The molecular weight excluding hydrogens is 490 g/mol. The molecular formula is C28H25ClF2O5. The summed E-state index contributed by atoms with van der Waals surface area (Å²) in [5.74, 6) is -2.90. The van der Waals surface area contributed by atoms with Crippen molar-refractivity contribution in [2.45, 2.75) is 49.8 Å². The zero-order valence-corrected chi connectivity index (χ0v) is 20.3. The van der Waals surface area contributed by atoms with Gasteiger partial charge in [-0.3, -0.25) is 4.79 Å². The maximum absolute atomic E-state index is 16.4. The number of aliphatic carboxylic acids is 1. The molecule has 1 N–H and O–H groups in total. The van der Waals surface area contributed by atoms with E-state index in [0.717, 1.165) is 18.6 Å². The molecule has 1 aliphatic rings. The van der Waals surface area contributed by atoms with Gasteiger partial charge in [-0.1, -0.05) is 48.0 Å². The smallest absolute Gasteiger partial charge is 0.345 e. The van der Waals surface area contributed by atoms with Gasteiger partial charge in [0.1, 0.15) is 5.75 Å². The van der Waals surface area contributed by atoms with Crippen LogP contribution in [0, 0.1) is 5.82 Å². The Balaban J connectivity index is 1.63. The highest BCUT2D eigenvalue weighted by atomic mass is 35.5. The number of rotatable bonds is 10. The summed E-state index contributed by atoms with van der Waals surface area (Å²) in [6, 6.07) is 19.3. The SMILES string of the molecule is CC(=O)O[C@H](Cc1ccc(F)c(Oc2ccccc2)c1)[C@](F)(CC1(c2ccc(Cl)cc2)CC1)C(=O)O. The second kappa shape index (κ2) is 10.3. The standard InChI is InChI=1S/C28H25ClF2O5/c1-18(32)35-25(16-19-7-12-23(30)24(15-19)36-22-5-3-2-4-6-22)28(31,26(33)34)17-27(13-14-27)20-8-10-21(29)11-9-20/h2-12,15,25H,13-14,16-17H2,1H3,(H,33,34)/t25-,28-/m1/s1. The summed E-state index contributed by atoms with van der Waals surface area (Å²) in [7, 11) is 0. The lowest BCUT2D eigenvalue weighted by molar-refractivity contribution is -0.172. The van der Waals surface area contributed by atoms with Crippen molar-refractivity contribution in [3.05, 3.63) is 94.8 Å². The fourth-order valence-corrected chi connectivity index (χ4v) is 4.55. The topological polar surface area (TPSA) is 72.8 Å². The van der Waals surface area contributed by atoms with E-state index in [2.05, 4.69) is 0 Å². The first kappa shape index (κ1) is 25.6. The van der Waals surface area contributed by atoms with Crippen LogP contribution in [0.2, 0.25) is 5.02 Å². The first-order chi connectivity index (χ1) is 17.1. The minimum atomic E-state index is -2.89. The van der Waals surface area contributed by atoms with Gasteiger partial charge in [0, 0.05) is 24.8 Å². The number of hydrogen-bond donors (Lipinski definition) is 1. The molecule has 1 aliphatic carbocycles. The second-order valence-electron chi connectivity index (χ2n) is 9.11. The monoisotopic (exact) mass is 514 g/mol. The zero-order chi connectivity index (χ0) is 25.9. The molecule has 188 valence electrons. The summed E-state index contributed by atoms with van der Waals surface area (Å²) in [5, 5.41) is 10.5. The first-order valence-electron chi connectivity index (χ1n) is 11.5. The Hall–Kier alpha value is -3.45. The molecule has 2 atom stereocenters. The maximum atomic E-state index is 16.4. The van der Waals surface area contributed by atoms with Crippen molar-refractivity contribution in [3.8, 4) is 11.5 Å². The van der Waals surface area contributed by atoms with Crippen molar-refractivity contribution in [1.29, 1.82) is 0 Å². The Morgan fingerprint density at radius 1 is 1.08 bits per heavy atom. The lowest BCUT2D eigenvalue weighted by Gasteiger charge is -2.33. The summed E-state index contributed by atoms with van der Waals surface area (Å²) in [6.07, 6.45) is -1.14. The molecule has 3 aromatic rings. The third kappa shape index (κ3) is 5.68. The number of esters is 1. The molecule has 0 aromatic heterocycles. The number of benzene rings is 3. The number of para-hydroxylation sites is 1. The van der Waals surface area contributed by atoms with E-state index in [1.807, 2.05) is 0 Å². The number of ether oxygens (including phenoxy) is 2. The van der Waals surface area contributed by atoms with E-state index in [1.54, 1.807) is 54.6 Å². The number of carbonyl (C=O) groups excluding carboxylic acids is 1. The van der Waals surface area contributed by atoms with E-state index in [9.17, 15) is 19.1 Å². The van der Waals surface area contributed by atoms with Crippen LogP contribution in [-0.2, 0) is 26.2 Å². The molecule has 0 spiro atoms. The van der Waals surface area contributed by atoms with E-state index in [4.69, 9.17) is 21.1 Å². The van der Waals surface area contributed by atoms with Crippen molar-refractivity contribution in [3.63, 3.8) is 0 Å². The van der Waals surface area contributed by atoms with E-state index < -0.39 is 34.9 Å². The second-order valence-corrected chi connectivity index (χ2v) is 9.55. The van der Waals surface area contributed by atoms with Crippen molar-refractivity contribution in [2.75, 3.05) is 0 Å². The predicted octanol–water partition coefficient (Wildman–Crippen LogP) is 6.66. The predicted molar refractivity (Wildman–Crippen MR) is 131 cm³/mol. The van der Waals surface area contributed by atoms with E-state index >= 15 is 4.39 Å². The molecule has 0 amide bonds. The Morgan fingerprint density at radius 2 is 1.75 bits per heavy atom. The van der Waals surface area contributed by atoms with Gasteiger partial charge in [0.05, 0.1) is 0 Å². The number of halogens is 3. The molecule has 5 nitrogen and oxygen atoms in total.